The summed E-state index contributed by atoms with van der Waals surface area (Å²) < 4.78 is 2.31. The Morgan fingerprint density at radius 1 is 1.05 bits per heavy atom. The third-order valence-corrected chi connectivity index (χ3v) is 4.94. The van der Waals surface area contributed by atoms with Crippen molar-refractivity contribution in [3.8, 4) is 0 Å². The molecule has 1 aromatic carbocycles. The Balaban J connectivity index is 1.54. The topological polar surface area (TPSA) is 34.0 Å². The maximum Gasteiger partial charge on any atom is 0.150 e. The number of hydrogen-bond acceptors (Lipinski definition) is 3. The number of nitrogens with zero attached hydrogens (tertiary/aromatic N) is 4. The molecule has 22 heavy (non-hydrogen) atoms. The van der Waals surface area contributed by atoms with Gasteiger partial charge in [0.2, 0.25) is 0 Å². The van der Waals surface area contributed by atoms with Gasteiger partial charge in [0, 0.05) is 13.1 Å². The smallest absolute Gasteiger partial charge is 0.150 e. The van der Waals surface area contributed by atoms with Crippen molar-refractivity contribution in [3.05, 3.63) is 48.0 Å². The van der Waals surface area contributed by atoms with Gasteiger partial charge in [-0.25, -0.2) is 0 Å². The summed E-state index contributed by atoms with van der Waals surface area (Å²) in [5.74, 6) is 2.04. The van der Waals surface area contributed by atoms with Crippen LogP contribution in [0.25, 0.3) is 0 Å². The standard InChI is InChI=1S/C18H24N4/c1-2-6-15(7-3-1)12-21-11-5-4-8-17(21)18-20-19-14-22(18)13-16-9-10-16/h1-3,6-7,14,16-17H,4-5,8-13H2. The molecule has 0 spiro atoms. The number of benzene rings is 1. The minimum atomic E-state index is 0.426. The molecule has 2 fully saturated rings. The average Bonchev–Trinajstić information content (AvgIpc) is 3.25. The van der Waals surface area contributed by atoms with Gasteiger partial charge in [-0.3, -0.25) is 4.90 Å². The predicted octanol–water partition coefficient (Wildman–Crippen LogP) is 3.42. The van der Waals surface area contributed by atoms with Crippen LogP contribution in [0.5, 0.6) is 0 Å². The van der Waals surface area contributed by atoms with Crippen LogP contribution in [0, 0.1) is 5.92 Å². The summed E-state index contributed by atoms with van der Waals surface area (Å²) in [7, 11) is 0. The highest BCUT2D eigenvalue weighted by Gasteiger charge is 2.30. The first kappa shape index (κ1) is 13.9. The van der Waals surface area contributed by atoms with E-state index in [4.69, 9.17) is 0 Å². The van der Waals surface area contributed by atoms with Crippen LogP contribution in [0.4, 0.5) is 0 Å². The second-order valence-corrected chi connectivity index (χ2v) is 6.75. The molecular formula is C18H24N4. The number of rotatable bonds is 5. The van der Waals surface area contributed by atoms with Gasteiger partial charge in [-0.15, -0.1) is 10.2 Å². The molecule has 1 aliphatic carbocycles. The van der Waals surface area contributed by atoms with E-state index in [1.165, 1.54) is 43.5 Å². The summed E-state index contributed by atoms with van der Waals surface area (Å²) in [5.41, 5.74) is 1.39. The van der Waals surface area contributed by atoms with Gasteiger partial charge < -0.3 is 4.57 Å². The van der Waals surface area contributed by atoms with Gasteiger partial charge in [-0.1, -0.05) is 36.8 Å². The van der Waals surface area contributed by atoms with E-state index in [0.717, 1.165) is 25.6 Å². The van der Waals surface area contributed by atoms with Crippen LogP contribution in [-0.2, 0) is 13.1 Å². The molecule has 1 saturated carbocycles. The zero-order valence-corrected chi connectivity index (χ0v) is 13.1. The van der Waals surface area contributed by atoms with Crippen molar-refractivity contribution >= 4 is 0 Å². The van der Waals surface area contributed by atoms with E-state index in [2.05, 4.69) is 50.0 Å². The predicted molar refractivity (Wildman–Crippen MR) is 86.2 cm³/mol. The monoisotopic (exact) mass is 296 g/mol. The molecule has 1 aromatic heterocycles. The fourth-order valence-corrected chi connectivity index (χ4v) is 3.53. The Labute approximate surface area is 132 Å². The Bertz CT molecular complexity index is 603. The molecule has 2 aliphatic rings. The van der Waals surface area contributed by atoms with Crippen LogP contribution in [-0.4, -0.2) is 26.2 Å². The summed E-state index contributed by atoms with van der Waals surface area (Å²) in [6, 6.07) is 11.2. The summed E-state index contributed by atoms with van der Waals surface area (Å²) >= 11 is 0. The van der Waals surface area contributed by atoms with E-state index in [1.54, 1.807) is 0 Å². The van der Waals surface area contributed by atoms with Gasteiger partial charge in [0.25, 0.3) is 0 Å². The van der Waals surface area contributed by atoms with E-state index < -0.39 is 0 Å². The molecule has 0 N–H and O–H groups in total. The summed E-state index contributed by atoms with van der Waals surface area (Å²) in [4.78, 5) is 2.59. The molecule has 0 amide bonds. The van der Waals surface area contributed by atoms with E-state index >= 15 is 0 Å². The SMILES string of the molecule is c1ccc(CN2CCCCC2c2nncn2CC2CC2)cc1. The third-order valence-electron chi connectivity index (χ3n) is 4.94. The Hall–Kier alpha value is -1.68. The van der Waals surface area contributed by atoms with Gasteiger partial charge in [0.15, 0.2) is 0 Å². The Morgan fingerprint density at radius 3 is 2.73 bits per heavy atom. The molecule has 0 bridgehead atoms. The fraction of sp³-hybridized carbons (Fsp3) is 0.556. The van der Waals surface area contributed by atoms with Crippen molar-refractivity contribution in [3.63, 3.8) is 0 Å². The molecule has 1 saturated heterocycles. The number of piperidine rings is 1. The first-order chi connectivity index (χ1) is 10.9. The molecular weight excluding hydrogens is 272 g/mol. The molecule has 2 heterocycles. The van der Waals surface area contributed by atoms with Crippen molar-refractivity contribution in [1.82, 2.24) is 19.7 Å². The number of hydrogen-bond donors (Lipinski definition) is 0. The molecule has 1 atom stereocenters. The molecule has 116 valence electrons. The van der Waals surface area contributed by atoms with Gasteiger partial charge >= 0.3 is 0 Å². The average molecular weight is 296 g/mol. The van der Waals surface area contributed by atoms with Crippen LogP contribution >= 0.6 is 0 Å². The van der Waals surface area contributed by atoms with Crippen LogP contribution < -0.4 is 0 Å². The lowest BCUT2D eigenvalue weighted by Gasteiger charge is -2.35. The first-order valence-corrected chi connectivity index (χ1v) is 8.56. The van der Waals surface area contributed by atoms with Crippen LogP contribution in [0.1, 0.15) is 49.5 Å². The maximum atomic E-state index is 4.48. The third kappa shape index (κ3) is 3.07. The van der Waals surface area contributed by atoms with Gasteiger partial charge in [0.1, 0.15) is 12.2 Å². The van der Waals surface area contributed by atoms with Crippen molar-refractivity contribution in [2.45, 2.75) is 51.2 Å². The largest absolute Gasteiger partial charge is 0.316 e. The Morgan fingerprint density at radius 2 is 1.91 bits per heavy atom. The highest BCUT2D eigenvalue weighted by atomic mass is 15.3. The molecule has 4 nitrogen and oxygen atoms in total. The first-order valence-electron chi connectivity index (χ1n) is 8.56. The van der Waals surface area contributed by atoms with E-state index in [0.29, 0.717) is 6.04 Å². The van der Waals surface area contributed by atoms with Crippen molar-refractivity contribution < 1.29 is 0 Å². The number of aromatic nitrogens is 3. The molecule has 1 unspecified atom stereocenters. The van der Waals surface area contributed by atoms with Crippen LogP contribution in [0.2, 0.25) is 0 Å². The minimum absolute atomic E-state index is 0.426. The van der Waals surface area contributed by atoms with Crippen molar-refractivity contribution in [2.75, 3.05) is 6.54 Å². The van der Waals surface area contributed by atoms with Gasteiger partial charge in [0.05, 0.1) is 6.04 Å². The zero-order valence-electron chi connectivity index (χ0n) is 13.1. The second kappa shape index (κ2) is 6.21. The van der Waals surface area contributed by atoms with Crippen molar-refractivity contribution in [2.24, 2.45) is 5.92 Å². The molecule has 0 radical (unpaired) electrons. The highest BCUT2D eigenvalue weighted by Crippen LogP contribution is 2.34. The summed E-state index contributed by atoms with van der Waals surface area (Å²) in [6.07, 6.45) is 8.47. The number of likely N-dealkylation sites (tertiary alicyclic amines) is 1. The summed E-state index contributed by atoms with van der Waals surface area (Å²) in [5, 5.41) is 8.69. The highest BCUT2D eigenvalue weighted by molar-refractivity contribution is 5.15. The molecule has 4 rings (SSSR count). The normalized spacial score (nSPS) is 22.8. The lowest BCUT2D eigenvalue weighted by atomic mass is 10.0. The van der Waals surface area contributed by atoms with Crippen LogP contribution in [0.3, 0.4) is 0 Å². The molecule has 1 aliphatic heterocycles. The van der Waals surface area contributed by atoms with Gasteiger partial charge in [-0.05, 0) is 43.7 Å². The summed E-state index contributed by atoms with van der Waals surface area (Å²) in [6.45, 7) is 3.29. The second-order valence-electron chi connectivity index (χ2n) is 6.75. The quantitative estimate of drug-likeness (QED) is 0.848. The Kier molecular flexibility index (Phi) is 3.94. The van der Waals surface area contributed by atoms with E-state index in [9.17, 15) is 0 Å². The lowest BCUT2D eigenvalue weighted by Crippen LogP contribution is -2.34. The molecule has 2 aromatic rings. The fourth-order valence-electron chi connectivity index (χ4n) is 3.53. The zero-order chi connectivity index (χ0) is 14.8. The maximum absolute atomic E-state index is 4.48. The van der Waals surface area contributed by atoms with Crippen molar-refractivity contribution in [1.29, 1.82) is 0 Å². The lowest BCUT2D eigenvalue weighted by molar-refractivity contribution is 0.130. The minimum Gasteiger partial charge on any atom is -0.316 e. The molecule has 4 heteroatoms. The van der Waals surface area contributed by atoms with E-state index in [1.807, 2.05) is 6.33 Å². The van der Waals surface area contributed by atoms with Gasteiger partial charge in [-0.2, -0.15) is 0 Å². The van der Waals surface area contributed by atoms with E-state index in [-0.39, 0.29) is 0 Å². The van der Waals surface area contributed by atoms with Crippen LogP contribution in [0.15, 0.2) is 36.7 Å².